The summed E-state index contributed by atoms with van der Waals surface area (Å²) in [5, 5.41) is 0. The monoisotopic (exact) mass is 227 g/mol. The van der Waals surface area contributed by atoms with Crippen molar-refractivity contribution in [3.05, 3.63) is 61.3 Å². The van der Waals surface area contributed by atoms with Crippen LogP contribution in [0.1, 0.15) is 12.5 Å². The number of aromatic nitrogens is 2. The van der Waals surface area contributed by atoms with Crippen molar-refractivity contribution in [2.24, 2.45) is 0 Å². The lowest BCUT2D eigenvalue weighted by Crippen LogP contribution is -2.14. The molecule has 0 radical (unpaired) electrons. The van der Waals surface area contributed by atoms with Crippen molar-refractivity contribution in [1.82, 2.24) is 9.55 Å². The predicted molar refractivity (Wildman–Crippen MR) is 71.0 cm³/mol. The summed E-state index contributed by atoms with van der Waals surface area (Å²) in [5.41, 5.74) is 2.45. The molecule has 0 aliphatic rings. The first-order valence-corrected chi connectivity index (χ1v) is 5.77. The molecule has 0 aliphatic carbocycles. The zero-order chi connectivity index (χ0) is 12.1. The third-order valence-corrected chi connectivity index (χ3v) is 2.73. The van der Waals surface area contributed by atoms with Crippen molar-refractivity contribution in [3.8, 4) is 0 Å². The summed E-state index contributed by atoms with van der Waals surface area (Å²) in [6.07, 6.45) is 7.46. The molecule has 0 bridgehead atoms. The number of rotatable bonds is 5. The predicted octanol–water partition coefficient (Wildman–Crippen LogP) is 2.90. The van der Waals surface area contributed by atoms with Crippen molar-refractivity contribution in [3.63, 3.8) is 0 Å². The zero-order valence-corrected chi connectivity index (χ0v) is 10.1. The van der Waals surface area contributed by atoms with E-state index in [9.17, 15) is 0 Å². The highest BCUT2D eigenvalue weighted by molar-refractivity contribution is 5.50. The fraction of sp³-hybridized carbons (Fsp3) is 0.214. The summed E-state index contributed by atoms with van der Waals surface area (Å²) in [4.78, 5) is 6.17. The molecular weight excluding hydrogens is 210 g/mol. The highest BCUT2D eigenvalue weighted by Crippen LogP contribution is 2.16. The Morgan fingerprint density at radius 2 is 2.35 bits per heavy atom. The highest BCUT2D eigenvalue weighted by Gasteiger charge is 2.01. The largest absolute Gasteiger partial charge is 0.349 e. The smallest absolute Gasteiger partial charge is 0.0949 e. The number of hydrogen-bond donors (Lipinski definition) is 0. The van der Waals surface area contributed by atoms with E-state index in [1.54, 1.807) is 6.20 Å². The second-order valence-electron chi connectivity index (χ2n) is 3.87. The van der Waals surface area contributed by atoms with Crippen LogP contribution in [0, 0.1) is 0 Å². The molecule has 1 heterocycles. The number of imidazole rings is 1. The van der Waals surface area contributed by atoms with E-state index in [2.05, 4.69) is 52.2 Å². The van der Waals surface area contributed by atoms with Gasteiger partial charge in [-0.2, -0.15) is 0 Å². The van der Waals surface area contributed by atoms with Crippen molar-refractivity contribution in [2.45, 2.75) is 13.5 Å². The average Bonchev–Trinajstić information content (AvgIpc) is 2.84. The summed E-state index contributed by atoms with van der Waals surface area (Å²) in [6.45, 7) is 7.72. The van der Waals surface area contributed by atoms with Gasteiger partial charge in [-0.3, -0.25) is 0 Å². The van der Waals surface area contributed by atoms with Crippen LogP contribution in [0.2, 0.25) is 0 Å². The first-order chi connectivity index (χ1) is 8.33. The number of benzene rings is 1. The first-order valence-electron chi connectivity index (χ1n) is 5.77. The lowest BCUT2D eigenvalue weighted by molar-refractivity contribution is 0.797. The van der Waals surface area contributed by atoms with Crippen LogP contribution in [0.5, 0.6) is 0 Å². The van der Waals surface area contributed by atoms with E-state index in [0.717, 1.165) is 13.1 Å². The summed E-state index contributed by atoms with van der Waals surface area (Å²) in [6, 6.07) is 8.49. The van der Waals surface area contributed by atoms with Gasteiger partial charge in [-0.25, -0.2) is 4.98 Å². The number of nitrogens with zero attached hydrogens (tertiary/aromatic N) is 3. The van der Waals surface area contributed by atoms with E-state index >= 15 is 0 Å². The Hall–Kier alpha value is -2.03. The second-order valence-corrected chi connectivity index (χ2v) is 3.87. The molecule has 0 amide bonds. The van der Waals surface area contributed by atoms with Crippen LogP contribution < -0.4 is 4.90 Å². The van der Waals surface area contributed by atoms with Gasteiger partial charge in [0.15, 0.2) is 0 Å². The molecule has 0 N–H and O–H groups in total. The minimum Gasteiger partial charge on any atom is -0.349 e. The number of anilines is 1. The molecule has 0 unspecified atom stereocenters. The molecule has 0 saturated carbocycles. The van der Waals surface area contributed by atoms with E-state index in [-0.39, 0.29) is 0 Å². The van der Waals surface area contributed by atoms with Gasteiger partial charge in [-0.1, -0.05) is 18.7 Å². The maximum absolute atomic E-state index is 4.04. The van der Waals surface area contributed by atoms with Crippen LogP contribution >= 0.6 is 0 Å². The van der Waals surface area contributed by atoms with Crippen molar-refractivity contribution < 1.29 is 0 Å². The van der Waals surface area contributed by atoms with Gasteiger partial charge >= 0.3 is 0 Å². The Bertz CT molecular complexity index is 474. The maximum atomic E-state index is 4.04. The maximum Gasteiger partial charge on any atom is 0.0949 e. The van der Waals surface area contributed by atoms with Crippen molar-refractivity contribution in [1.29, 1.82) is 0 Å². The molecule has 88 valence electrons. The second kappa shape index (κ2) is 5.34. The van der Waals surface area contributed by atoms with Crippen LogP contribution in [0.4, 0.5) is 5.69 Å². The molecule has 0 atom stereocenters. The van der Waals surface area contributed by atoms with Gasteiger partial charge in [0.2, 0.25) is 0 Å². The van der Waals surface area contributed by atoms with E-state index in [1.807, 2.05) is 18.7 Å². The Kier molecular flexibility index (Phi) is 3.60. The first kappa shape index (κ1) is 11.5. The molecular formula is C14H17N3. The molecule has 2 aromatic rings. The molecule has 0 saturated heterocycles. The summed E-state index contributed by atoms with van der Waals surface area (Å²) >= 11 is 0. The zero-order valence-electron chi connectivity index (χ0n) is 10.1. The highest BCUT2D eigenvalue weighted by atomic mass is 15.1. The lowest BCUT2D eigenvalue weighted by Gasteiger charge is -2.18. The van der Waals surface area contributed by atoms with Crippen LogP contribution in [0.3, 0.4) is 0 Å². The van der Waals surface area contributed by atoms with Gasteiger partial charge in [0.05, 0.1) is 6.33 Å². The molecule has 17 heavy (non-hydrogen) atoms. The quantitative estimate of drug-likeness (QED) is 0.783. The Balaban J connectivity index is 2.19. The molecule has 3 nitrogen and oxygen atoms in total. The van der Waals surface area contributed by atoms with Gasteiger partial charge in [0, 0.05) is 31.2 Å². The van der Waals surface area contributed by atoms with Gasteiger partial charge in [-0.05, 0) is 30.8 Å². The third kappa shape index (κ3) is 2.75. The SMILES string of the molecule is C=CN(CC)c1cccc(Cn2ccnc2)c1. The fourth-order valence-electron chi connectivity index (χ4n) is 1.84. The van der Waals surface area contributed by atoms with Crippen molar-refractivity contribution >= 4 is 5.69 Å². The van der Waals surface area contributed by atoms with Gasteiger partial charge in [-0.15, -0.1) is 0 Å². The Morgan fingerprint density at radius 3 is 3.00 bits per heavy atom. The lowest BCUT2D eigenvalue weighted by atomic mass is 10.2. The standard InChI is InChI=1S/C14H17N3/c1-3-17(4-2)14-7-5-6-13(10-14)11-16-9-8-15-12-16/h3,5-10,12H,1,4,11H2,2H3. The van der Waals surface area contributed by atoms with E-state index in [1.165, 1.54) is 11.3 Å². The minimum absolute atomic E-state index is 0.850. The molecule has 0 fully saturated rings. The summed E-state index contributed by atoms with van der Waals surface area (Å²) in [5.74, 6) is 0. The normalized spacial score (nSPS) is 10.2. The van der Waals surface area contributed by atoms with Crippen LogP contribution in [0.15, 0.2) is 55.8 Å². The fourth-order valence-corrected chi connectivity index (χ4v) is 1.84. The molecule has 0 spiro atoms. The van der Waals surface area contributed by atoms with Crippen LogP contribution in [0.25, 0.3) is 0 Å². The number of hydrogen-bond acceptors (Lipinski definition) is 2. The topological polar surface area (TPSA) is 21.1 Å². The summed E-state index contributed by atoms with van der Waals surface area (Å²) in [7, 11) is 0. The average molecular weight is 227 g/mol. The van der Waals surface area contributed by atoms with E-state index in [4.69, 9.17) is 0 Å². The minimum atomic E-state index is 0.850. The Morgan fingerprint density at radius 1 is 1.47 bits per heavy atom. The van der Waals surface area contributed by atoms with Crippen LogP contribution in [-0.4, -0.2) is 16.1 Å². The summed E-state index contributed by atoms with van der Waals surface area (Å²) < 4.78 is 2.06. The molecule has 0 aliphatic heterocycles. The Labute approximate surface area is 102 Å². The molecule has 1 aromatic heterocycles. The third-order valence-electron chi connectivity index (χ3n) is 2.73. The van der Waals surface area contributed by atoms with E-state index < -0.39 is 0 Å². The van der Waals surface area contributed by atoms with Crippen LogP contribution in [-0.2, 0) is 6.54 Å². The van der Waals surface area contributed by atoms with Crippen molar-refractivity contribution in [2.75, 3.05) is 11.4 Å². The molecule has 1 aromatic carbocycles. The van der Waals surface area contributed by atoms with Gasteiger partial charge in [0.1, 0.15) is 0 Å². The van der Waals surface area contributed by atoms with Gasteiger partial charge in [0.25, 0.3) is 0 Å². The van der Waals surface area contributed by atoms with Gasteiger partial charge < -0.3 is 9.47 Å². The molecule has 2 rings (SSSR count). The van der Waals surface area contributed by atoms with E-state index in [0.29, 0.717) is 0 Å². The molecule has 3 heteroatoms.